The van der Waals surface area contributed by atoms with Gasteiger partial charge in [-0.1, -0.05) is 29.6 Å². The molecule has 1 unspecified atom stereocenters. The van der Waals surface area contributed by atoms with Gasteiger partial charge in [0.15, 0.2) is 5.15 Å². The number of amidine groups is 1. The molecule has 1 N–H and O–H groups in total. The van der Waals surface area contributed by atoms with Crippen molar-refractivity contribution in [2.45, 2.75) is 31.8 Å². The van der Waals surface area contributed by atoms with Gasteiger partial charge in [0.25, 0.3) is 0 Å². The van der Waals surface area contributed by atoms with Gasteiger partial charge in [-0.3, -0.25) is 9.67 Å². The van der Waals surface area contributed by atoms with Crippen LogP contribution in [0.5, 0.6) is 0 Å². The molecule has 4 rings (SSSR count). The molecule has 1 atom stereocenters. The van der Waals surface area contributed by atoms with Gasteiger partial charge in [-0.05, 0) is 30.9 Å². The second-order valence-electron chi connectivity index (χ2n) is 5.94. The standard InChI is InChI=1S/C15H15Cl2FN4/c16-13-10(18)5-4-9-14(13)22(21-15(9)17)7-12-19-6-11(20-12)8-2-1-3-8/h4-5,8,11H,1-3,6-7H2,(H,19,20). The molecule has 1 aliphatic heterocycles. The van der Waals surface area contributed by atoms with Crippen molar-refractivity contribution in [3.05, 3.63) is 28.1 Å². The highest BCUT2D eigenvalue weighted by molar-refractivity contribution is 6.38. The van der Waals surface area contributed by atoms with Crippen molar-refractivity contribution in [3.63, 3.8) is 0 Å². The molecule has 1 aliphatic carbocycles. The van der Waals surface area contributed by atoms with Crippen LogP contribution < -0.4 is 5.32 Å². The second kappa shape index (κ2) is 5.39. The van der Waals surface area contributed by atoms with Gasteiger partial charge in [0, 0.05) is 11.4 Å². The average Bonchev–Trinajstić information content (AvgIpc) is 2.99. The highest BCUT2D eigenvalue weighted by Gasteiger charge is 2.31. The SMILES string of the molecule is Fc1ccc2c(Cl)nn(CC3=NCC(C4CCC4)N3)c2c1Cl. The minimum Gasteiger partial charge on any atom is -0.367 e. The lowest BCUT2D eigenvalue weighted by atomic mass is 9.80. The molecule has 1 aromatic carbocycles. The summed E-state index contributed by atoms with van der Waals surface area (Å²) in [5.74, 6) is 1.11. The molecule has 0 spiro atoms. The number of aromatic nitrogens is 2. The third kappa shape index (κ3) is 2.27. The second-order valence-corrected chi connectivity index (χ2v) is 6.67. The van der Waals surface area contributed by atoms with Crippen molar-refractivity contribution >= 4 is 39.9 Å². The molecule has 1 fully saturated rings. The van der Waals surface area contributed by atoms with E-state index in [1.807, 2.05) is 0 Å². The quantitative estimate of drug-likeness (QED) is 0.926. The predicted octanol–water partition coefficient (Wildman–Crippen LogP) is 3.65. The number of benzene rings is 1. The first-order valence-corrected chi connectivity index (χ1v) is 8.19. The van der Waals surface area contributed by atoms with Crippen LogP contribution >= 0.6 is 23.2 Å². The smallest absolute Gasteiger partial charge is 0.158 e. The van der Waals surface area contributed by atoms with Crippen molar-refractivity contribution in [1.82, 2.24) is 15.1 Å². The number of nitrogens with one attached hydrogen (secondary N) is 1. The molecule has 2 aromatic rings. The minimum atomic E-state index is -0.472. The summed E-state index contributed by atoms with van der Waals surface area (Å²) in [6.07, 6.45) is 3.86. The Balaban J connectivity index is 1.61. The zero-order chi connectivity index (χ0) is 15.3. The van der Waals surface area contributed by atoms with Crippen LogP contribution in [0.15, 0.2) is 17.1 Å². The molecule has 0 saturated heterocycles. The Hall–Kier alpha value is -1.33. The topological polar surface area (TPSA) is 42.2 Å². The van der Waals surface area contributed by atoms with E-state index < -0.39 is 5.82 Å². The lowest BCUT2D eigenvalue weighted by Gasteiger charge is -2.31. The van der Waals surface area contributed by atoms with E-state index in [1.165, 1.54) is 25.3 Å². The average molecular weight is 341 g/mol. The normalized spacial score (nSPS) is 21.8. The van der Waals surface area contributed by atoms with E-state index in [2.05, 4.69) is 15.4 Å². The fourth-order valence-electron chi connectivity index (χ4n) is 3.14. The molecule has 1 aromatic heterocycles. The minimum absolute atomic E-state index is 0.0473. The molecular weight excluding hydrogens is 326 g/mol. The largest absolute Gasteiger partial charge is 0.367 e. The summed E-state index contributed by atoms with van der Waals surface area (Å²) < 4.78 is 15.3. The third-order valence-corrected chi connectivity index (χ3v) is 5.25. The Morgan fingerprint density at radius 3 is 2.86 bits per heavy atom. The Labute approximate surface area is 137 Å². The molecule has 116 valence electrons. The molecule has 0 amide bonds. The summed E-state index contributed by atoms with van der Waals surface area (Å²) in [5, 5.41) is 8.76. The number of nitrogens with zero attached hydrogens (tertiary/aromatic N) is 3. The maximum atomic E-state index is 13.7. The van der Waals surface area contributed by atoms with E-state index in [1.54, 1.807) is 10.7 Å². The Kier molecular flexibility index (Phi) is 3.50. The molecule has 7 heteroatoms. The van der Waals surface area contributed by atoms with Crippen LogP contribution in [-0.4, -0.2) is 28.2 Å². The van der Waals surface area contributed by atoms with Gasteiger partial charge < -0.3 is 5.32 Å². The Morgan fingerprint density at radius 2 is 2.14 bits per heavy atom. The van der Waals surface area contributed by atoms with E-state index >= 15 is 0 Å². The Morgan fingerprint density at radius 1 is 1.32 bits per heavy atom. The van der Waals surface area contributed by atoms with Crippen molar-refractivity contribution in [3.8, 4) is 0 Å². The van der Waals surface area contributed by atoms with E-state index in [0.717, 1.165) is 18.3 Å². The summed E-state index contributed by atoms with van der Waals surface area (Å²) in [5.41, 5.74) is 0.517. The zero-order valence-corrected chi connectivity index (χ0v) is 13.3. The summed E-state index contributed by atoms with van der Waals surface area (Å²) in [6.45, 7) is 1.23. The Bertz CT molecular complexity index is 766. The maximum absolute atomic E-state index is 13.7. The lowest BCUT2D eigenvalue weighted by molar-refractivity contribution is 0.257. The van der Waals surface area contributed by atoms with E-state index in [4.69, 9.17) is 23.2 Å². The molecule has 2 aliphatic rings. The molecule has 22 heavy (non-hydrogen) atoms. The van der Waals surface area contributed by atoms with Crippen molar-refractivity contribution < 1.29 is 4.39 Å². The molecular formula is C15H15Cl2FN4. The molecule has 1 saturated carbocycles. The van der Waals surface area contributed by atoms with Gasteiger partial charge in [0.05, 0.1) is 18.6 Å². The molecule has 0 radical (unpaired) electrons. The first-order valence-electron chi connectivity index (χ1n) is 7.43. The predicted molar refractivity (Wildman–Crippen MR) is 86.3 cm³/mol. The first kappa shape index (κ1) is 14.3. The monoisotopic (exact) mass is 340 g/mol. The number of halogens is 3. The van der Waals surface area contributed by atoms with Gasteiger partial charge >= 0.3 is 0 Å². The number of hydrogen-bond donors (Lipinski definition) is 1. The van der Waals surface area contributed by atoms with Crippen molar-refractivity contribution in [2.75, 3.05) is 6.54 Å². The number of hydrogen-bond acceptors (Lipinski definition) is 3. The number of rotatable bonds is 3. The van der Waals surface area contributed by atoms with Gasteiger partial charge in [-0.15, -0.1) is 0 Å². The van der Waals surface area contributed by atoms with Crippen LogP contribution in [0.4, 0.5) is 4.39 Å². The first-order chi connectivity index (χ1) is 10.6. The van der Waals surface area contributed by atoms with Crippen LogP contribution in [0, 0.1) is 11.7 Å². The summed E-state index contributed by atoms with van der Waals surface area (Å²) in [6, 6.07) is 3.33. The van der Waals surface area contributed by atoms with Gasteiger partial charge in [-0.25, -0.2) is 4.39 Å². The van der Waals surface area contributed by atoms with E-state index in [9.17, 15) is 4.39 Å². The third-order valence-electron chi connectivity index (χ3n) is 4.61. The van der Waals surface area contributed by atoms with Gasteiger partial charge in [0.2, 0.25) is 0 Å². The molecule has 0 bridgehead atoms. The van der Waals surface area contributed by atoms with Crippen LogP contribution in [0.3, 0.4) is 0 Å². The van der Waals surface area contributed by atoms with Crippen LogP contribution in [0.1, 0.15) is 19.3 Å². The maximum Gasteiger partial charge on any atom is 0.158 e. The fourth-order valence-corrected chi connectivity index (χ4v) is 3.65. The van der Waals surface area contributed by atoms with E-state index in [-0.39, 0.29) is 5.02 Å². The lowest BCUT2D eigenvalue weighted by Crippen LogP contribution is -2.41. The van der Waals surface area contributed by atoms with Gasteiger partial charge in [0.1, 0.15) is 16.7 Å². The fraction of sp³-hybridized carbons (Fsp3) is 0.467. The summed E-state index contributed by atoms with van der Waals surface area (Å²) in [4.78, 5) is 4.55. The number of aliphatic imine (C=N–C) groups is 1. The van der Waals surface area contributed by atoms with E-state index in [0.29, 0.717) is 28.6 Å². The van der Waals surface area contributed by atoms with Crippen LogP contribution in [0.2, 0.25) is 10.2 Å². The molecule has 2 heterocycles. The zero-order valence-electron chi connectivity index (χ0n) is 11.8. The summed E-state index contributed by atoms with van der Waals surface area (Å²) in [7, 11) is 0. The highest BCUT2D eigenvalue weighted by Crippen LogP contribution is 2.32. The number of fused-ring (bicyclic) bond motifs is 1. The van der Waals surface area contributed by atoms with Crippen LogP contribution in [0.25, 0.3) is 10.9 Å². The summed E-state index contributed by atoms with van der Waals surface area (Å²) >= 11 is 12.2. The van der Waals surface area contributed by atoms with Gasteiger partial charge in [-0.2, -0.15) is 5.10 Å². The highest BCUT2D eigenvalue weighted by atomic mass is 35.5. The van der Waals surface area contributed by atoms with Crippen LogP contribution in [-0.2, 0) is 6.54 Å². The molecule has 4 nitrogen and oxygen atoms in total. The van der Waals surface area contributed by atoms with Crippen molar-refractivity contribution in [1.29, 1.82) is 0 Å². The van der Waals surface area contributed by atoms with Crippen molar-refractivity contribution in [2.24, 2.45) is 10.9 Å².